The fraction of sp³-hybridized carbons (Fsp3) is 0.750. The largest absolute Gasteiger partial charge is 0.481 e. The highest BCUT2D eigenvalue weighted by atomic mass is 32.2. The first kappa shape index (κ1) is 61.8. The number of aliphatic hydroxyl groups excluding tert-OH is 2. The number of unbranched alkanes of at least 4 members (excludes halogenated alkanes) is 10. The molecule has 0 aliphatic carbocycles. The van der Waals surface area contributed by atoms with E-state index < -0.39 is 89.6 Å². The van der Waals surface area contributed by atoms with E-state index in [1.807, 2.05) is 18.2 Å². The number of hydrogen-bond acceptors (Lipinski definition) is 14. The Morgan fingerprint density at radius 3 is 2.02 bits per heavy atom. The molecule has 7 atom stereocenters. The lowest BCUT2D eigenvalue weighted by Gasteiger charge is -2.22. The average Bonchev–Trinajstić information content (AvgIpc) is 3.24. The maximum Gasteiger partial charge on any atom is 0.472 e. The number of phosphoric acid groups is 2. The van der Waals surface area contributed by atoms with Gasteiger partial charge in [0, 0.05) is 23.8 Å². The Morgan fingerprint density at radius 1 is 0.719 bits per heavy atom. The molecule has 0 fully saturated rings. The Bertz CT molecular complexity index is 1460. The molecule has 372 valence electrons. The second kappa shape index (κ2) is 38.9. The van der Waals surface area contributed by atoms with Crippen molar-refractivity contribution >= 4 is 45.3 Å². The Hall–Kier alpha value is -2.18. The van der Waals surface area contributed by atoms with Crippen LogP contribution in [-0.2, 0) is 46.6 Å². The number of aliphatic carboxylic acids is 1. The van der Waals surface area contributed by atoms with Gasteiger partial charge in [0.1, 0.15) is 18.8 Å². The van der Waals surface area contributed by atoms with Crippen LogP contribution in [0.2, 0.25) is 0 Å². The lowest BCUT2D eigenvalue weighted by atomic mass is 9.99. The third-order valence-electron chi connectivity index (χ3n) is 9.75. The lowest BCUT2D eigenvalue weighted by Crippen LogP contribution is -2.38. The van der Waals surface area contributed by atoms with Gasteiger partial charge in [0.2, 0.25) is 0 Å². The summed E-state index contributed by atoms with van der Waals surface area (Å²) in [7, 11) is -9.86. The maximum atomic E-state index is 13.0. The summed E-state index contributed by atoms with van der Waals surface area (Å²) in [4.78, 5) is 64.6. The Balaban J connectivity index is 5.41. The number of nitrogens with two attached hydrogens (primary N) is 1. The summed E-state index contributed by atoms with van der Waals surface area (Å²) in [6.45, 7) is 3.42. The van der Waals surface area contributed by atoms with Crippen molar-refractivity contribution < 1.29 is 76.6 Å². The van der Waals surface area contributed by atoms with E-state index in [-0.39, 0.29) is 31.4 Å². The molecule has 0 aromatic carbocycles. The number of thioether (sulfide) groups is 1. The predicted octanol–water partition coefficient (Wildman–Crippen LogP) is 8.23. The summed E-state index contributed by atoms with van der Waals surface area (Å²) in [5.41, 5.74) is 6.15. The highest BCUT2D eigenvalue weighted by Gasteiger charge is 2.29. The number of esters is 2. The minimum absolute atomic E-state index is 0.0230. The SMILES string of the molecule is CCCCC/C=C\C\C=C/C=C/C=C/[C@@H](SC[C@H](N)C(=O)OC[C@H](COP(=O)(O)OC[C@@H](O)COP(=O)(O)O)OC(=O)CCCCCCCCCCC(C)CC)[C@@H](O)CCCC(=O)O. The van der Waals surface area contributed by atoms with Gasteiger partial charge in [0.05, 0.1) is 25.9 Å². The van der Waals surface area contributed by atoms with Gasteiger partial charge in [-0.15, -0.1) is 11.8 Å². The molecule has 0 aliphatic rings. The quantitative estimate of drug-likeness (QED) is 0.00997. The van der Waals surface area contributed by atoms with Crippen molar-refractivity contribution in [3.05, 3.63) is 48.6 Å². The summed E-state index contributed by atoms with van der Waals surface area (Å²) >= 11 is 1.16. The summed E-state index contributed by atoms with van der Waals surface area (Å²) in [5.74, 6) is -1.83. The van der Waals surface area contributed by atoms with E-state index >= 15 is 0 Å². The Morgan fingerprint density at radius 2 is 1.36 bits per heavy atom. The summed E-state index contributed by atoms with van der Waals surface area (Å²) in [5, 5.41) is 29.2. The van der Waals surface area contributed by atoms with Gasteiger partial charge in [0.25, 0.3) is 0 Å². The van der Waals surface area contributed by atoms with Crippen molar-refractivity contribution in [1.29, 1.82) is 0 Å². The van der Waals surface area contributed by atoms with E-state index in [0.717, 1.165) is 56.2 Å². The minimum atomic E-state index is -4.94. The molecule has 64 heavy (non-hydrogen) atoms. The molecule has 0 aromatic heterocycles. The maximum absolute atomic E-state index is 13.0. The number of phosphoric ester groups is 2. The molecule has 0 rings (SSSR count). The molecule has 0 amide bonds. The van der Waals surface area contributed by atoms with E-state index in [2.05, 4.69) is 42.0 Å². The van der Waals surface area contributed by atoms with Crippen molar-refractivity contribution in [2.45, 2.75) is 172 Å². The zero-order valence-corrected chi connectivity index (χ0v) is 40.8. The van der Waals surface area contributed by atoms with E-state index in [1.165, 1.54) is 51.4 Å². The van der Waals surface area contributed by atoms with E-state index in [4.69, 9.17) is 34.6 Å². The molecule has 0 aromatic rings. The zero-order valence-electron chi connectivity index (χ0n) is 38.2. The first-order valence-electron chi connectivity index (χ1n) is 22.7. The monoisotopic (exact) mass is 971 g/mol. The fourth-order valence-electron chi connectivity index (χ4n) is 5.76. The number of aliphatic hydroxyl groups is 2. The molecule has 0 heterocycles. The zero-order chi connectivity index (χ0) is 48.1. The van der Waals surface area contributed by atoms with Crippen molar-refractivity contribution in [2.75, 3.05) is 32.2 Å². The van der Waals surface area contributed by atoms with Crippen LogP contribution in [0.15, 0.2) is 48.6 Å². The van der Waals surface area contributed by atoms with Crippen LogP contribution in [0, 0.1) is 5.92 Å². The standard InChI is InChI=1S/C44H79NO16P2S/c1-4-6-7-8-9-10-11-12-13-17-20-23-28-41(40(47)27-25-29-42(48)49)64-35-39(45)44(51)57-33-38(34-60-63(55,56)59-32-37(46)31-58-62(52,53)54)61-43(50)30-24-21-18-15-14-16-19-22-26-36(3)5-2/h9-10,12-13,17,20,23,28,36-41,46-47H,4-8,11,14-16,18-19,21-22,24-27,29-35,45H2,1-3H3,(H,48,49)(H,55,56)(H2,52,53,54)/b10-9-,13-12-,20-17+,28-23+/t36?,37-,38+,39-,40-,41+/m0/s1. The molecule has 0 saturated carbocycles. The Kier molecular flexibility index (Phi) is 37.6. The minimum Gasteiger partial charge on any atom is -0.481 e. The number of carboxylic acids is 1. The van der Waals surface area contributed by atoms with Gasteiger partial charge >= 0.3 is 33.6 Å². The van der Waals surface area contributed by atoms with E-state index in [0.29, 0.717) is 6.42 Å². The smallest absolute Gasteiger partial charge is 0.472 e. The molecule has 0 spiro atoms. The van der Waals surface area contributed by atoms with Crippen molar-refractivity contribution in [1.82, 2.24) is 0 Å². The highest BCUT2D eigenvalue weighted by molar-refractivity contribution is 8.00. The van der Waals surface area contributed by atoms with Crippen LogP contribution in [0.5, 0.6) is 0 Å². The predicted molar refractivity (Wildman–Crippen MR) is 249 cm³/mol. The molecule has 2 unspecified atom stereocenters. The summed E-state index contributed by atoms with van der Waals surface area (Å²) in [6.07, 6.45) is 27.5. The van der Waals surface area contributed by atoms with Gasteiger partial charge in [-0.05, 0) is 44.4 Å². The number of carboxylic acid groups (broad SMARTS) is 1. The fourth-order valence-corrected chi connectivity index (χ4v) is 8.05. The van der Waals surface area contributed by atoms with Gasteiger partial charge < -0.3 is 45.2 Å². The van der Waals surface area contributed by atoms with Crippen LogP contribution >= 0.6 is 27.4 Å². The van der Waals surface area contributed by atoms with Crippen LogP contribution in [0.4, 0.5) is 0 Å². The van der Waals surface area contributed by atoms with Gasteiger partial charge in [-0.2, -0.15) is 0 Å². The highest BCUT2D eigenvalue weighted by Crippen LogP contribution is 2.44. The molecule has 17 nitrogen and oxygen atoms in total. The average molecular weight is 972 g/mol. The number of carbonyl (C=O) groups is 3. The third kappa shape index (κ3) is 39.0. The second-order valence-corrected chi connectivity index (χ2v) is 19.7. The van der Waals surface area contributed by atoms with Crippen molar-refractivity contribution in [2.24, 2.45) is 11.7 Å². The van der Waals surface area contributed by atoms with E-state index in [9.17, 15) is 38.6 Å². The number of hydrogen-bond donors (Lipinski definition) is 7. The third-order valence-corrected chi connectivity index (χ3v) is 12.6. The number of ether oxygens (including phenoxy) is 2. The van der Waals surface area contributed by atoms with Gasteiger partial charge in [-0.25, -0.2) is 9.13 Å². The van der Waals surface area contributed by atoms with Gasteiger partial charge in [-0.1, -0.05) is 140 Å². The molecule has 0 radical (unpaired) electrons. The number of carbonyl (C=O) groups excluding carboxylic acids is 2. The molecule has 8 N–H and O–H groups in total. The van der Waals surface area contributed by atoms with Crippen LogP contribution < -0.4 is 5.73 Å². The molecule has 0 saturated heterocycles. The van der Waals surface area contributed by atoms with Crippen LogP contribution in [-0.4, -0.2) is 110 Å². The van der Waals surface area contributed by atoms with Crippen molar-refractivity contribution in [3.63, 3.8) is 0 Å². The second-order valence-electron chi connectivity index (χ2n) is 15.8. The first-order chi connectivity index (χ1) is 30.4. The summed E-state index contributed by atoms with van der Waals surface area (Å²) in [6, 6.07) is -1.22. The van der Waals surface area contributed by atoms with Gasteiger partial charge in [-0.3, -0.25) is 28.0 Å². The number of allylic oxidation sites excluding steroid dienone is 7. The molecular weight excluding hydrogens is 892 g/mol. The Labute approximate surface area is 385 Å². The van der Waals surface area contributed by atoms with E-state index in [1.54, 1.807) is 18.2 Å². The van der Waals surface area contributed by atoms with Crippen LogP contribution in [0.1, 0.15) is 143 Å². The normalized spacial score (nSPS) is 16.3. The summed E-state index contributed by atoms with van der Waals surface area (Å²) < 4.78 is 47.9. The molecular formula is C44H79NO16P2S. The first-order valence-corrected chi connectivity index (χ1v) is 26.7. The molecule has 0 bridgehead atoms. The number of rotatable bonds is 42. The topological polar surface area (TPSA) is 279 Å². The molecule has 20 heteroatoms. The van der Waals surface area contributed by atoms with Gasteiger partial charge in [0.15, 0.2) is 6.10 Å². The van der Waals surface area contributed by atoms with Crippen LogP contribution in [0.25, 0.3) is 0 Å². The molecule has 0 aliphatic heterocycles. The van der Waals surface area contributed by atoms with Crippen LogP contribution in [0.3, 0.4) is 0 Å². The van der Waals surface area contributed by atoms with Crippen molar-refractivity contribution in [3.8, 4) is 0 Å². The lowest BCUT2D eigenvalue weighted by molar-refractivity contribution is -0.161.